The summed E-state index contributed by atoms with van der Waals surface area (Å²) in [7, 11) is 1.49. The molecule has 0 fully saturated rings. The van der Waals surface area contributed by atoms with Gasteiger partial charge in [0.05, 0.1) is 6.54 Å². The molecule has 0 saturated heterocycles. The fourth-order valence-corrected chi connectivity index (χ4v) is 3.74. The monoisotopic (exact) mass is 361 g/mol. The van der Waals surface area contributed by atoms with Crippen molar-refractivity contribution in [1.82, 2.24) is 4.90 Å². The Labute approximate surface area is 156 Å². The molecule has 0 aromatic heterocycles. The lowest BCUT2D eigenvalue weighted by molar-refractivity contribution is 0.153. The molecule has 0 radical (unpaired) electrons. The van der Waals surface area contributed by atoms with Crippen LogP contribution in [0.1, 0.15) is 75.0 Å². The fourth-order valence-electron chi connectivity index (χ4n) is 3.74. The Balaban J connectivity index is 2.46. The molecular formula is C21H31NO4. The summed E-state index contributed by atoms with van der Waals surface area (Å²) in [5, 5.41) is 30.8. The largest absolute Gasteiger partial charge is 0.507 e. The van der Waals surface area contributed by atoms with Crippen molar-refractivity contribution in [2.24, 2.45) is 0 Å². The van der Waals surface area contributed by atoms with Crippen LogP contribution in [0.25, 0.3) is 0 Å². The van der Waals surface area contributed by atoms with E-state index in [1.165, 1.54) is 17.5 Å². The number of aryl methyl sites for hydroxylation is 1. The molecule has 1 aliphatic rings. The molecule has 2 rings (SSSR count). The second-order valence-electron chi connectivity index (χ2n) is 7.40. The molecule has 5 heteroatoms. The number of carboxylic acid groups (broad SMARTS) is 1. The summed E-state index contributed by atoms with van der Waals surface area (Å²) in [6.07, 6.45) is 7.82. The number of benzene rings is 1. The zero-order valence-corrected chi connectivity index (χ0v) is 16.1. The SMILES string of the molecule is CCCCCc1cc(O)c(C2C=C(C)CCC2)c(O)c1CN(C)C(=O)O. The number of carbonyl (C=O) groups is 1. The summed E-state index contributed by atoms with van der Waals surface area (Å²) >= 11 is 0. The molecule has 1 aromatic carbocycles. The summed E-state index contributed by atoms with van der Waals surface area (Å²) < 4.78 is 0. The third-order valence-corrected chi connectivity index (χ3v) is 5.23. The molecule has 0 bridgehead atoms. The number of hydrogen-bond donors (Lipinski definition) is 3. The molecule has 1 aliphatic carbocycles. The zero-order valence-electron chi connectivity index (χ0n) is 16.1. The predicted molar refractivity (Wildman–Crippen MR) is 103 cm³/mol. The molecule has 1 amide bonds. The Bertz CT molecular complexity index is 681. The van der Waals surface area contributed by atoms with E-state index in [9.17, 15) is 20.1 Å². The Hall–Kier alpha value is -2.17. The van der Waals surface area contributed by atoms with E-state index in [-0.39, 0.29) is 24.0 Å². The minimum Gasteiger partial charge on any atom is -0.507 e. The average Bonchev–Trinajstić information content (AvgIpc) is 2.58. The second-order valence-corrected chi connectivity index (χ2v) is 7.40. The van der Waals surface area contributed by atoms with Crippen LogP contribution < -0.4 is 0 Å². The number of aromatic hydroxyl groups is 2. The number of rotatable bonds is 7. The highest BCUT2D eigenvalue weighted by molar-refractivity contribution is 5.65. The predicted octanol–water partition coefficient (Wildman–Crippen LogP) is 5.15. The minimum atomic E-state index is -1.04. The average molecular weight is 361 g/mol. The molecule has 1 atom stereocenters. The molecule has 3 N–H and O–H groups in total. The number of allylic oxidation sites excluding steroid dienone is 2. The van der Waals surface area contributed by atoms with Gasteiger partial charge in [-0.3, -0.25) is 0 Å². The lowest BCUT2D eigenvalue weighted by Gasteiger charge is -2.25. The molecule has 144 valence electrons. The van der Waals surface area contributed by atoms with Crippen LogP contribution in [0, 0.1) is 0 Å². The maximum Gasteiger partial charge on any atom is 0.407 e. The number of phenols is 2. The second kappa shape index (κ2) is 8.97. The van der Waals surface area contributed by atoms with Gasteiger partial charge in [0, 0.05) is 24.1 Å². The van der Waals surface area contributed by atoms with E-state index in [0.717, 1.165) is 50.5 Å². The van der Waals surface area contributed by atoms with E-state index in [4.69, 9.17) is 0 Å². The third kappa shape index (κ3) is 4.71. The number of hydrogen-bond acceptors (Lipinski definition) is 3. The number of nitrogens with zero attached hydrogens (tertiary/aromatic N) is 1. The smallest absolute Gasteiger partial charge is 0.407 e. The van der Waals surface area contributed by atoms with Gasteiger partial charge in [0.1, 0.15) is 11.5 Å². The first kappa shape index (κ1) is 20.1. The van der Waals surface area contributed by atoms with Crippen molar-refractivity contribution in [3.63, 3.8) is 0 Å². The maximum atomic E-state index is 11.3. The standard InChI is InChI=1S/C21H31NO4/c1-4-5-6-9-15-12-18(23)19(16-10-7-8-14(2)11-16)20(24)17(15)13-22(3)21(25)26/h11-12,16,23-24H,4-10,13H2,1-3H3,(H,25,26). The summed E-state index contributed by atoms with van der Waals surface area (Å²) in [6, 6.07) is 1.73. The first-order valence-electron chi connectivity index (χ1n) is 9.53. The number of phenolic OH excluding ortho intramolecular Hbond substituents is 2. The van der Waals surface area contributed by atoms with Gasteiger partial charge in [-0.05, 0) is 50.7 Å². The molecule has 0 aliphatic heterocycles. The normalized spacial score (nSPS) is 17.0. The number of amides is 1. The Morgan fingerprint density at radius 1 is 1.31 bits per heavy atom. The molecule has 1 aromatic rings. The number of unbranched alkanes of at least 4 members (excludes halogenated alkanes) is 2. The van der Waals surface area contributed by atoms with Crippen LogP contribution in [0.15, 0.2) is 17.7 Å². The quantitative estimate of drug-likeness (QED) is 0.463. The van der Waals surface area contributed by atoms with Gasteiger partial charge in [0.25, 0.3) is 0 Å². The van der Waals surface area contributed by atoms with Crippen LogP contribution in [0.3, 0.4) is 0 Å². The molecule has 5 nitrogen and oxygen atoms in total. The summed E-state index contributed by atoms with van der Waals surface area (Å²) in [6.45, 7) is 4.30. The van der Waals surface area contributed by atoms with Crippen LogP contribution in [-0.2, 0) is 13.0 Å². The summed E-state index contributed by atoms with van der Waals surface area (Å²) in [5.41, 5.74) is 3.26. The Kier molecular flexibility index (Phi) is 6.95. The highest BCUT2D eigenvalue weighted by atomic mass is 16.4. The van der Waals surface area contributed by atoms with Gasteiger partial charge in [-0.1, -0.05) is 31.4 Å². The van der Waals surface area contributed by atoms with E-state index in [1.807, 2.05) is 0 Å². The Morgan fingerprint density at radius 2 is 2.04 bits per heavy atom. The molecule has 0 spiro atoms. The van der Waals surface area contributed by atoms with Crippen molar-refractivity contribution < 1.29 is 20.1 Å². The van der Waals surface area contributed by atoms with Crippen molar-refractivity contribution in [2.75, 3.05) is 7.05 Å². The van der Waals surface area contributed by atoms with Crippen molar-refractivity contribution >= 4 is 6.09 Å². The highest BCUT2D eigenvalue weighted by Crippen LogP contribution is 2.44. The van der Waals surface area contributed by atoms with Gasteiger partial charge in [0.15, 0.2) is 0 Å². The van der Waals surface area contributed by atoms with Gasteiger partial charge in [-0.2, -0.15) is 0 Å². The van der Waals surface area contributed by atoms with E-state index >= 15 is 0 Å². The van der Waals surface area contributed by atoms with E-state index in [1.54, 1.807) is 6.07 Å². The van der Waals surface area contributed by atoms with Gasteiger partial charge >= 0.3 is 6.09 Å². The lowest BCUT2D eigenvalue weighted by atomic mass is 9.83. The summed E-state index contributed by atoms with van der Waals surface area (Å²) in [5.74, 6) is 0.148. The van der Waals surface area contributed by atoms with Crippen molar-refractivity contribution in [2.45, 2.75) is 71.3 Å². The van der Waals surface area contributed by atoms with Crippen molar-refractivity contribution in [1.29, 1.82) is 0 Å². The topological polar surface area (TPSA) is 81.0 Å². The zero-order chi connectivity index (χ0) is 19.3. The first-order valence-corrected chi connectivity index (χ1v) is 9.53. The van der Waals surface area contributed by atoms with E-state index in [0.29, 0.717) is 11.1 Å². The lowest BCUT2D eigenvalue weighted by Crippen LogP contribution is -2.25. The van der Waals surface area contributed by atoms with E-state index in [2.05, 4.69) is 19.9 Å². The Morgan fingerprint density at radius 3 is 2.65 bits per heavy atom. The van der Waals surface area contributed by atoms with Crippen molar-refractivity contribution in [3.05, 3.63) is 34.4 Å². The van der Waals surface area contributed by atoms with Crippen LogP contribution in [-0.4, -0.2) is 33.4 Å². The molecule has 1 unspecified atom stereocenters. The summed E-state index contributed by atoms with van der Waals surface area (Å²) in [4.78, 5) is 12.4. The first-order chi connectivity index (χ1) is 12.3. The van der Waals surface area contributed by atoms with Crippen LogP contribution >= 0.6 is 0 Å². The third-order valence-electron chi connectivity index (χ3n) is 5.23. The van der Waals surface area contributed by atoms with Crippen molar-refractivity contribution in [3.8, 4) is 11.5 Å². The van der Waals surface area contributed by atoms with E-state index < -0.39 is 6.09 Å². The van der Waals surface area contributed by atoms with Gasteiger partial charge in [-0.15, -0.1) is 0 Å². The van der Waals surface area contributed by atoms with Gasteiger partial charge in [0.2, 0.25) is 0 Å². The highest BCUT2D eigenvalue weighted by Gasteiger charge is 2.25. The molecular weight excluding hydrogens is 330 g/mol. The van der Waals surface area contributed by atoms with Gasteiger partial charge in [-0.25, -0.2) is 4.79 Å². The molecule has 0 saturated carbocycles. The van der Waals surface area contributed by atoms with Crippen LogP contribution in [0.5, 0.6) is 11.5 Å². The minimum absolute atomic E-state index is 0.0256. The van der Waals surface area contributed by atoms with Crippen LogP contribution in [0.2, 0.25) is 0 Å². The molecule has 0 heterocycles. The van der Waals surface area contributed by atoms with Gasteiger partial charge < -0.3 is 20.2 Å². The fraction of sp³-hybridized carbons (Fsp3) is 0.571. The van der Waals surface area contributed by atoms with Crippen LogP contribution in [0.4, 0.5) is 4.79 Å². The maximum absolute atomic E-state index is 11.3. The molecule has 26 heavy (non-hydrogen) atoms.